The molecule has 0 spiro atoms. The van der Waals surface area contributed by atoms with E-state index in [1.807, 2.05) is 0 Å². The Labute approximate surface area is 68.9 Å². The molecular weight excluding hydrogens is 164 g/mol. The molecule has 1 fully saturated rings. The van der Waals surface area contributed by atoms with Crippen molar-refractivity contribution in [2.75, 3.05) is 20.3 Å². The van der Waals surface area contributed by atoms with Crippen LogP contribution in [0.1, 0.15) is 0 Å². The molecule has 0 atom stereocenters. The minimum absolute atomic E-state index is 0.104. The molecule has 5 heteroatoms. The van der Waals surface area contributed by atoms with Crippen molar-refractivity contribution < 1.29 is 23.8 Å². The quantitative estimate of drug-likeness (QED) is 0.398. The number of hydrogen-bond acceptors (Lipinski definition) is 5. The van der Waals surface area contributed by atoms with Crippen LogP contribution in [-0.2, 0) is 23.8 Å². The van der Waals surface area contributed by atoms with Gasteiger partial charge in [0.05, 0.1) is 13.2 Å². The zero-order valence-corrected chi connectivity index (χ0v) is 6.53. The van der Waals surface area contributed by atoms with E-state index in [2.05, 4.69) is 9.47 Å². The number of methoxy groups -OCH3 is 1. The van der Waals surface area contributed by atoms with Gasteiger partial charge in [0, 0.05) is 0 Å². The van der Waals surface area contributed by atoms with Gasteiger partial charge in [0.1, 0.15) is 13.2 Å². The number of rotatable bonds is 1. The molecule has 0 saturated carbocycles. The van der Waals surface area contributed by atoms with E-state index in [0.717, 1.165) is 6.08 Å². The summed E-state index contributed by atoms with van der Waals surface area (Å²) in [5, 5.41) is 0. The number of carbonyl (C=O) groups excluding carboxylic acids is 2. The largest absolute Gasteiger partial charge is 0.483 e. The highest BCUT2D eigenvalue weighted by Crippen LogP contribution is 2.06. The molecule has 0 radical (unpaired) electrons. The average Bonchev–Trinajstić information content (AvgIpc) is 2.09. The molecule has 0 amide bonds. The summed E-state index contributed by atoms with van der Waals surface area (Å²) in [4.78, 5) is 21.5. The van der Waals surface area contributed by atoms with Crippen LogP contribution in [0.25, 0.3) is 0 Å². The molecular formula is C7H8O5. The number of hydrogen-bond donors (Lipinski definition) is 0. The third-order valence-electron chi connectivity index (χ3n) is 1.23. The Morgan fingerprint density at radius 3 is 2.75 bits per heavy atom. The van der Waals surface area contributed by atoms with E-state index >= 15 is 0 Å². The molecule has 66 valence electrons. The maximum atomic E-state index is 10.8. The summed E-state index contributed by atoms with van der Waals surface area (Å²) in [7, 11) is 1.22. The first-order valence-corrected chi connectivity index (χ1v) is 3.33. The van der Waals surface area contributed by atoms with E-state index in [1.165, 1.54) is 7.11 Å². The van der Waals surface area contributed by atoms with Crippen LogP contribution < -0.4 is 0 Å². The van der Waals surface area contributed by atoms with Gasteiger partial charge in [0.2, 0.25) is 5.76 Å². The van der Waals surface area contributed by atoms with Crippen LogP contribution in [0.5, 0.6) is 0 Å². The Morgan fingerprint density at radius 2 is 2.17 bits per heavy atom. The smallest absolute Gasteiger partial charge is 0.374 e. The Morgan fingerprint density at radius 1 is 1.50 bits per heavy atom. The fraction of sp³-hybridized carbons (Fsp3) is 0.429. The fourth-order valence-corrected chi connectivity index (χ4v) is 0.683. The van der Waals surface area contributed by atoms with Gasteiger partial charge in [-0.05, 0) is 0 Å². The van der Waals surface area contributed by atoms with Gasteiger partial charge in [-0.2, -0.15) is 0 Å². The Balaban J connectivity index is 2.65. The van der Waals surface area contributed by atoms with Gasteiger partial charge >= 0.3 is 11.9 Å². The van der Waals surface area contributed by atoms with Crippen molar-refractivity contribution in [3.63, 3.8) is 0 Å². The molecule has 12 heavy (non-hydrogen) atoms. The molecule has 0 aromatic rings. The lowest BCUT2D eigenvalue weighted by Gasteiger charge is -2.14. The van der Waals surface area contributed by atoms with Gasteiger partial charge in [-0.25, -0.2) is 9.59 Å². The monoisotopic (exact) mass is 172 g/mol. The minimum Gasteiger partial charge on any atom is -0.483 e. The van der Waals surface area contributed by atoms with Gasteiger partial charge in [0.25, 0.3) is 0 Å². The van der Waals surface area contributed by atoms with Gasteiger partial charge in [-0.1, -0.05) is 0 Å². The van der Waals surface area contributed by atoms with Crippen LogP contribution >= 0.6 is 0 Å². The van der Waals surface area contributed by atoms with Crippen molar-refractivity contribution in [1.82, 2.24) is 0 Å². The van der Waals surface area contributed by atoms with Gasteiger partial charge in [-0.3, -0.25) is 0 Å². The normalized spacial score (nSPS) is 19.8. The van der Waals surface area contributed by atoms with Crippen molar-refractivity contribution >= 4 is 11.9 Å². The van der Waals surface area contributed by atoms with E-state index in [4.69, 9.17) is 4.74 Å². The lowest BCUT2D eigenvalue weighted by Crippen LogP contribution is -2.22. The molecule has 1 aliphatic heterocycles. The molecule has 0 aliphatic carbocycles. The zero-order valence-electron chi connectivity index (χ0n) is 6.53. The molecule has 1 aliphatic rings. The minimum atomic E-state index is -0.635. The number of ether oxygens (including phenoxy) is 3. The van der Waals surface area contributed by atoms with Crippen LogP contribution in [-0.4, -0.2) is 32.3 Å². The van der Waals surface area contributed by atoms with Crippen LogP contribution in [0.3, 0.4) is 0 Å². The summed E-state index contributed by atoms with van der Waals surface area (Å²) in [6.45, 7) is 0.492. The average molecular weight is 172 g/mol. The molecule has 0 bridgehead atoms. The highest BCUT2D eigenvalue weighted by atomic mass is 16.6. The summed E-state index contributed by atoms with van der Waals surface area (Å²) < 4.78 is 13.7. The zero-order chi connectivity index (χ0) is 8.97. The van der Waals surface area contributed by atoms with Crippen molar-refractivity contribution in [3.8, 4) is 0 Å². The second-order valence-corrected chi connectivity index (χ2v) is 2.02. The molecule has 0 aromatic carbocycles. The first-order chi connectivity index (χ1) is 5.74. The fourth-order valence-electron chi connectivity index (χ4n) is 0.683. The third kappa shape index (κ3) is 1.98. The lowest BCUT2D eigenvalue weighted by atomic mass is 10.4. The maximum Gasteiger partial charge on any atom is 0.374 e. The van der Waals surface area contributed by atoms with E-state index < -0.39 is 11.9 Å². The maximum absolute atomic E-state index is 10.8. The van der Waals surface area contributed by atoms with Gasteiger partial charge < -0.3 is 14.2 Å². The highest BCUT2D eigenvalue weighted by Gasteiger charge is 2.19. The first kappa shape index (κ1) is 8.58. The molecule has 1 rings (SSSR count). The van der Waals surface area contributed by atoms with Crippen molar-refractivity contribution in [2.24, 2.45) is 0 Å². The van der Waals surface area contributed by atoms with E-state index in [1.54, 1.807) is 0 Å². The molecule has 0 aromatic heterocycles. The predicted molar refractivity (Wildman–Crippen MR) is 37.0 cm³/mol. The summed E-state index contributed by atoms with van der Waals surface area (Å²) in [5.74, 6) is -1.37. The molecule has 1 saturated heterocycles. The molecule has 0 N–H and O–H groups in total. The summed E-state index contributed by atoms with van der Waals surface area (Å²) in [6, 6.07) is 0. The van der Waals surface area contributed by atoms with Crippen LogP contribution in [0.15, 0.2) is 11.8 Å². The number of esters is 2. The Bertz CT molecular complexity index is 230. The van der Waals surface area contributed by atoms with Crippen molar-refractivity contribution in [1.29, 1.82) is 0 Å². The van der Waals surface area contributed by atoms with E-state index in [0.29, 0.717) is 0 Å². The predicted octanol–water partition coefficient (Wildman–Crippen LogP) is -0.383. The third-order valence-corrected chi connectivity index (χ3v) is 1.23. The van der Waals surface area contributed by atoms with Gasteiger partial charge in [0.15, 0.2) is 0 Å². The van der Waals surface area contributed by atoms with Crippen LogP contribution in [0, 0.1) is 0 Å². The second kappa shape index (κ2) is 3.75. The number of carbonyl (C=O) groups is 2. The molecule has 0 unspecified atom stereocenters. The summed E-state index contributed by atoms with van der Waals surface area (Å²) >= 11 is 0. The topological polar surface area (TPSA) is 61.8 Å². The van der Waals surface area contributed by atoms with E-state index in [9.17, 15) is 9.59 Å². The standard InChI is InChI=1S/C7H8O5/c1-10-6(8)4-5-7(9)12-3-2-11-5/h4H,2-3H2,1H3/b5-4+. The lowest BCUT2D eigenvalue weighted by molar-refractivity contribution is -0.151. The van der Waals surface area contributed by atoms with Crippen LogP contribution in [0.4, 0.5) is 0 Å². The van der Waals surface area contributed by atoms with Crippen molar-refractivity contribution in [2.45, 2.75) is 0 Å². The van der Waals surface area contributed by atoms with E-state index in [-0.39, 0.29) is 19.0 Å². The van der Waals surface area contributed by atoms with Gasteiger partial charge in [-0.15, -0.1) is 0 Å². The Hall–Kier alpha value is -1.52. The summed E-state index contributed by atoms with van der Waals surface area (Å²) in [6.07, 6.45) is 0.960. The van der Waals surface area contributed by atoms with Crippen molar-refractivity contribution in [3.05, 3.63) is 11.8 Å². The Kier molecular flexibility index (Phi) is 2.68. The second-order valence-electron chi connectivity index (χ2n) is 2.02. The molecule has 1 heterocycles. The summed E-state index contributed by atoms with van der Waals surface area (Å²) in [5.41, 5.74) is 0. The number of cyclic esters (lactones) is 1. The molecule has 5 nitrogen and oxygen atoms in total. The first-order valence-electron chi connectivity index (χ1n) is 3.33. The highest BCUT2D eigenvalue weighted by molar-refractivity contribution is 5.94. The SMILES string of the molecule is COC(=O)/C=C1/OCCOC1=O. The van der Waals surface area contributed by atoms with Crippen LogP contribution in [0.2, 0.25) is 0 Å².